The molecule has 0 radical (unpaired) electrons. The molecule has 0 aliphatic carbocycles. The van der Waals surface area contributed by atoms with Gasteiger partial charge in [-0.1, -0.05) is 66.4 Å². The Morgan fingerprint density at radius 1 is 1.05 bits per heavy atom. The summed E-state index contributed by atoms with van der Waals surface area (Å²) in [5, 5.41) is 1.35. The summed E-state index contributed by atoms with van der Waals surface area (Å²) in [5.41, 5.74) is 4.62. The zero-order valence-electron chi connectivity index (χ0n) is 22.7. The van der Waals surface area contributed by atoms with E-state index in [-0.39, 0.29) is 17.2 Å². The Morgan fingerprint density at radius 3 is 2.58 bits per heavy atom. The molecular weight excluding hydrogens is 520 g/mol. The third-order valence-electron chi connectivity index (χ3n) is 7.73. The normalized spacial score (nSPS) is 14.2. The van der Waals surface area contributed by atoms with Gasteiger partial charge in [0.25, 0.3) is 5.56 Å². The Labute approximate surface area is 237 Å². The number of hydrogen-bond acceptors (Lipinski definition) is 5. The van der Waals surface area contributed by atoms with E-state index in [9.17, 15) is 9.59 Å². The lowest BCUT2D eigenvalue weighted by molar-refractivity contribution is -0.129. The van der Waals surface area contributed by atoms with Crippen LogP contribution in [0.25, 0.3) is 27.6 Å². The molecule has 1 aliphatic rings. The second-order valence-corrected chi connectivity index (χ2v) is 11.3. The molecule has 40 heavy (non-hydrogen) atoms. The number of ether oxygens (including phenoxy) is 1. The van der Waals surface area contributed by atoms with Gasteiger partial charge in [0, 0.05) is 24.0 Å². The van der Waals surface area contributed by atoms with E-state index in [4.69, 9.17) is 9.72 Å². The first kappa shape index (κ1) is 26.2. The van der Waals surface area contributed by atoms with Gasteiger partial charge in [0.05, 0.1) is 18.6 Å². The number of hydrogen-bond donors (Lipinski definition) is 1. The van der Waals surface area contributed by atoms with E-state index in [2.05, 4.69) is 29.2 Å². The van der Waals surface area contributed by atoms with E-state index < -0.39 is 0 Å². The number of likely N-dealkylation sites (tertiary alicyclic amines) is 1. The third kappa shape index (κ3) is 5.11. The smallest absolute Gasteiger partial charge is 0.283 e. The average molecular weight is 553 g/mol. The summed E-state index contributed by atoms with van der Waals surface area (Å²) in [6.45, 7) is 3.48. The fraction of sp³-hybridized carbons (Fsp3) is 0.281. The number of aromatic nitrogens is 3. The number of rotatable bonds is 7. The highest BCUT2D eigenvalue weighted by Gasteiger charge is 2.25. The van der Waals surface area contributed by atoms with E-state index in [1.807, 2.05) is 60.4 Å². The van der Waals surface area contributed by atoms with Crippen molar-refractivity contribution in [3.05, 3.63) is 94.3 Å². The van der Waals surface area contributed by atoms with Crippen LogP contribution in [0.4, 0.5) is 0 Å². The van der Waals surface area contributed by atoms with Crippen LogP contribution >= 0.6 is 11.8 Å². The molecule has 0 atom stereocenters. The summed E-state index contributed by atoms with van der Waals surface area (Å²) in [6.07, 6.45) is 3.04. The summed E-state index contributed by atoms with van der Waals surface area (Å²) >= 11 is 1.30. The van der Waals surface area contributed by atoms with Gasteiger partial charge in [0.2, 0.25) is 5.91 Å². The number of H-pyrrole nitrogens is 1. The van der Waals surface area contributed by atoms with Gasteiger partial charge < -0.3 is 14.6 Å². The van der Waals surface area contributed by atoms with Gasteiger partial charge in [-0.3, -0.25) is 9.59 Å². The number of nitrogens with one attached hydrogen (secondary N) is 1. The maximum absolute atomic E-state index is 14.0. The second kappa shape index (κ2) is 11.2. The summed E-state index contributed by atoms with van der Waals surface area (Å²) in [5.74, 6) is 1.43. The lowest BCUT2D eigenvalue weighted by atomic mass is 9.90. The van der Waals surface area contributed by atoms with E-state index in [1.54, 1.807) is 11.7 Å². The van der Waals surface area contributed by atoms with Crippen LogP contribution in [0.5, 0.6) is 5.75 Å². The molecule has 7 nitrogen and oxygen atoms in total. The number of piperidine rings is 1. The topological polar surface area (TPSA) is 80.2 Å². The molecule has 8 heteroatoms. The number of nitrogens with zero attached hydrogens (tertiary/aromatic N) is 3. The van der Waals surface area contributed by atoms with Gasteiger partial charge in [0.15, 0.2) is 5.16 Å². The molecule has 5 aromatic rings. The van der Waals surface area contributed by atoms with E-state index in [0.29, 0.717) is 33.5 Å². The zero-order valence-corrected chi connectivity index (χ0v) is 23.5. The number of thioether (sulfide) groups is 1. The quantitative estimate of drug-likeness (QED) is 0.205. The van der Waals surface area contributed by atoms with Crippen LogP contribution in [0.1, 0.15) is 24.0 Å². The maximum Gasteiger partial charge on any atom is 0.283 e. The maximum atomic E-state index is 14.0. The monoisotopic (exact) mass is 552 g/mol. The van der Waals surface area contributed by atoms with Crippen LogP contribution in [0, 0.1) is 12.8 Å². The molecule has 1 fully saturated rings. The molecule has 0 bridgehead atoms. The van der Waals surface area contributed by atoms with Gasteiger partial charge in [0.1, 0.15) is 16.8 Å². The molecule has 6 rings (SSSR count). The molecule has 1 saturated heterocycles. The molecular formula is C32H32N4O3S. The van der Waals surface area contributed by atoms with Crippen molar-refractivity contribution in [2.75, 3.05) is 26.0 Å². The Balaban J connectivity index is 1.28. The standard InChI is InChI=1S/C32H32N4O3S/c1-21-12-13-27(39-2)26(18-21)36-31(38)30-29(24-10-6-7-11-25(24)33-30)34-32(36)40-20-28(37)35-16-14-23(15-17-35)19-22-8-4-3-5-9-22/h3-13,18,23,33H,14-17,19-20H2,1-2H3. The van der Waals surface area contributed by atoms with Gasteiger partial charge in [-0.05, 0) is 61.4 Å². The number of aryl methyl sites for hydroxylation is 1. The van der Waals surface area contributed by atoms with Crippen LogP contribution in [0.15, 0.2) is 82.7 Å². The number of fused-ring (bicyclic) bond motifs is 3. The fourth-order valence-corrected chi connectivity index (χ4v) is 6.48. The lowest BCUT2D eigenvalue weighted by Gasteiger charge is -2.32. The first-order valence-electron chi connectivity index (χ1n) is 13.6. The lowest BCUT2D eigenvalue weighted by Crippen LogP contribution is -2.40. The number of carbonyl (C=O) groups is 1. The molecule has 3 aromatic carbocycles. The minimum Gasteiger partial charge on any atom is -0.495 e. The first-order chi connectivity index (χ1) is 19.5. The molecule has 0 spiro atoms. The van der Waals surface area contributed by atoms with Crippen LogP contribution < -0.4 is 10.3 Å². The Kier molecular flexibility index (Phi) is 7.34. The molecule has 1 amide bonds. The first-order valence-corrected chi connectivity index (χ1v) is 14.6. The Morgan fingerprint density at radius 2 is 1.80 bits per heavy atom. The van der Waals surface area contributed by atoms with Crippen molar-refractivity contribution in [2.45, 2.75) is 31.3 Å². The highest BCUT2D eigenvalue weighted by Crippen LogP contribution is 2.31. The molecule has 204 valence electrons. The molecule has 3 heterocycles. The summed E-state index contributed by atoms with van der Waals surface area (Å²) < 4.78 is 7.20. The summed E-state index contributed by atoms with van der Waals surface area (Å²) in [4.78, 5) is 37.4. The molecule has 0 unspecified atom stereocenters. The molecule has 1 N–H and O–H groups in total. The molecule has 2 aromatic heterocycles. The Bertz CT molecular complexity index is 1740. The van der Waals surface area contributed by atoms with Crippen molar-refractivity contribution >= 4 is 39.6 Å². The molecule has 1 aliphatic heterocycles. The van der Waals surface area contributed by atoms with Crippen molar-refractivity contribution < 1.29 is 9.53 Å². The van der Waals surface area contributed by atoms with Gasteiger partial charge in [-0.15, -0.1) is 0 Å². The number of methoxy groups -OCH3 is 1. The van der Waals surface area contributed by atoms with Gasteiger partial charge in [-0.25, -0.2) is 9.55 Å². The van der Waals surface area contributed by atoms with E-state index in [0.717, 1.165) is 48.8 Å². The third-order valence-corrected chi connectivity index (χ3v) is 8.65. The number of amides is 1. The SMILES string of the molecule is COc1ccc(C)cc1-n1c(SCC(=O)N2CCC(Cc3ccccc3)CC2)nc2c([nH]c3ccccc32)c1=O. The number of para-hydroxylation sites is 1. The predicted molar refractivity (Wildman–Crippen MR) is 161 cm³/mol. The summed E-state index contributed by atoms with van der Waals surface area (Å²) in [6, 6.07) is 24.0. The predicted octanol–water partition coefficient (Wildman–Crippen LogP) is 5.76. The minimum absolute atomic E-state index is 0.0687. The average Bonchev–Trinajstić information content (AvgIpc) is 3.36. The number of carbonyl (C=O) groups excluding carboxylic acids is 1. The highest BCUT2D eigenvalue weighted by molar-refractivity contribution is 7.99. The van der Waals surface area contributed by atoms with E-state index in [1.165, 1.54) is 17.3 Å². The van der Waals surface area contributed by atoms with Crippen molar-refractivity contribution in [3.63, 3.8) is 0 Å². The number of benzene rings is 3. The number of aromatic amines is 1. The van der Waals surface area contributed by atoms with Gasteiger partial charge >= 0.3 is 0 Å². The van der Waals surface area contributed by atoms with Crippen LogP contribution in [0.2, 0.25) is 0 Å². The van der Waals surface area contributed by atoms with Crippen molar-refractivity contribution in [1.29, 1.82) is 0 Å². The second-order valence-electron chi connectivity index (χ2n) is 10.4. The van der Waals surface area contributed by atoms with Crippen LogP contribution in [-0.2, 0) is 11.2 Å². The summed E-state index contributed by atoms with van der Waals surface area (Å²) in [7, 11) is 1.59. The van der Waals surface area contributed by atoms with Gasteiger partial charge in [-0.2, -0.15) is 0 Å². The minimum atomic E-state index is -0.221. The van der Waals surface area contributed by atoms with Crippen molar-refractivity contribution in [2.24, 2.45) is 5.92 Å². The fourth-order valence-electron chi connectivity index (χ4n) is 5.58. The van der Waals surface area contributed by atoms with Crippen molar-refractivity contribution in [1.82, 2.24) is 19.4 Å². The Hall–Kier alpha value is -4.04. The molecule has 0 saturated carbocycles. The largest absolute Gasteiger partial charge is 0.495 e. The zero-order chi connectivity index (χ0) is 27.6. The van der Waals surface area contributed by atoms with Crippen molar-refractivity contribution in [3.8, 4) is 11.4 Å². The van der Waals surface area contributed by atoms with Crippen LogP contribution in [0.3, 0.4) is 0 Å². The van der Waals surface area contributed by atoms with Crippen LogP contribution in [-0.4, -0.2) is 51.3 Å². The van der Waals surface area contributed by atoms with E-state index >= 15 is 0 Å². The highest BCUT2D eigenvalue weighted by atomic mass is 32.2.